The van der Waals surface area contributed by atoms with E-state index in [1.165, 1.54) is 30.2 Å². The predicted molar refractivity (Wildman–Crippen MR) is 80.3 cm³/mol. The van der Waals surface area contributed by atoms with E-state index in [0.717, 1.165) is 11.4 Å². The van der Waals surface area contributed by atoms with Gasteiger partial charge in [0.25, 0.3) is 0 Å². The molecule has 1 aromatic heterocycles. The van der Waals surface area contributed by atoms with Gasteiger partial charge in [-0.1, -0.05) is 19.4 Å². The molecule has 2 rings (SSSR count). The van der Waals surface area contributed by atoms with E-state index in [2.05, 4.69) is 30.7 Å². The van der Waals surface area contributed by atoms with Crippen LogP contribution >= 0.6 is 0 Å². The summed E-state index contributed by atoms with van der Waals surface area (Å²) < 4.78 is 0. The van der Waals surface area contributed by atoms with Gasteiger partial charge in [-0.3, -0.25) is 9.78 Å². The highest BCUT2D eigenvalue weighted by Gasteiger charge is 2.31. The topological polar surface area (TPSA) is 68.9 Å². The van der Waals surface area contributed by atoms with Crippen LogP contribution in [0, 0.1) is 18.8 Å². The molecule has 0 aromatic carbocycles. The quantitative estimate of drug-likeness (QED) is 0.837. The molecule has 0 spiro atoms. The summed E-state index contributed by atoms with van der Waals surface area (Å²) in [5.41, 5.74) is 10.2. The first-order valence-corrected chi connectivity index (χ1v) is 7.23. The minimum Gasteiger partial charge on any atom is -0.324 e. The van der Waals surface area contributed by atoms with Crippen LogP contribution in [0.5, 0.6) is 0 Å². The van der Waals surface area contributed by atoms with Crippen molar-refractivity contribution in [3.05, 3.63) is 28.9 Å². The lowest BCUT2D eigenvalue weighted by Gasteiger charge is -2.16. The highest BCUT2D eigenvalue weighted by Crippen LogP contribution is 2.44. The summed E-state index contributed by atoms with van der Waals surface area (Å²) in [7, 11) is 0. The van der Waals surface area contributed by atoms with Crippen LogP contribution in [0.25, 0.3) is 5.57 Å². The van der Waals surface area contributed by atoms with Crippen LogP contribution in [0.4, 0.5) is 0 Å². The van der Waals surface area contributed by atoms with E-state index >= 15 is 0 Å². The summed E-state index contributed by atoms with van der Waals surface area (Å²) in [5.74, 6) is 0.894. The van der Waals surface area contributed by atoms with E-state index in [1.807, 2.05) is 6.92 Å². The first-order chi connectivity index (χ1) is 9.45. The Balaban J connectivity index is 2.54. The van der Waals surface area contributed by atoms with Crippen molar-refractivity contribution in [2.45, 2.75) is 40.5 Å². The lowest BCUT2D eigenvalue weighted by Crippen LogP contribution is -2.17. The van der Waals surface area contributed by atoms with Gasteiger partial charge >= 0.3 is 0 Å². The monoisotopic (exact) mass is 273 g/mol. The predicted octanol–water partition coefficient (Wildman–Crippen LogP) is 2.77. The standard InChI is InChI=1S/C16H23N3O/c1-9(2)10(3)15(12-5-6-12)16-11(4)18-8-13(19-16)14(20)7-17/h8-9,12H,5-7,17H2,1-4H3/b15-10+. The summed E-state index contributed by atoms with van der Waals surface area (Å²) in [5, 5.41) is 0. The van der Waals surface area contributed by atoms with Crippen LogP contribution in [-0.4, -0.2) is 22.3 Å². The van der Waals surface area contributed by atoms with Gasteiger partial charge in [-0.2, -0.15) is 0 Å². The van der Waals surface area contributed by atoms with E-state index in [1.54, 1.807) is 0 Å². The van der Waals surface area contributed by atoms with Crippen LogP contribution in [-0.2, 0) is 0 Å². The fraction of sp³-hybridized carbons (Fsp3) is 0.562. The third-order valence-corrected chi connectivity index (χ3v) is 3.96. The zero-order valence-corrected chi connectivity index (χ0v) is 12.7. The largest absolute Gasteiger partial charge is 0.324 e. The average molecular weight is 273 g/mol. The number of aromatic nitrogens is 2. The number of Topliss-reactive ketones (excluding diaryl/α,β-unsaturated/α-hetero) is 1. The Kier molecular flexibility index (Phi) is 4.33. The van der Waals surface area contributed by atoms with E-state index in [4.69, 9.17) is 5.73 Å². The van der Waals surface area contributed by atoms with Crippen molar-refractivity contribution in [2.75, 3.05) is 6.54 Å². The Morgan fingerprint density at radius 2 is 2.10 bits per heavy atom. The molecule has 1 aromatic rings. The van der Waals surface area contributed by atoms with E-state index in [9.17, 15) is 4.79 Å². The molecular formula is C16H23N3O. The number of nitrogens with zero attached hydrogens (tertiary/aromatic N) is 2. The van der Waals surface area contributed by atoms with Crippen molar-refractivity contribution in [1.29, 1.82) is 0 Å². The molecule has 0 radical (unpaired) electrons. The van der Waals surface area contributed by atoms with Gasteiger partial charge in [-0.15, -0.1) is 0 Å². The van der Waals surface area contributed by atoms with Gasteiger partial charge in [-0.25, -0.2) is 4.98 Å². The Morgan fingerprint density at radius 1 is 1.45 bits per heavy atom. The number of nitrogens with two attached hydrogens (primary N) is 1. The maximum atomic E-state index is 11.7. The van der Waals surface area contributed by atoms with Crippen molar-refractivity contribution in [1.82, 2.24) is 9.97 Å². The van der Waals surface area contributed by atoms with Crippen LogP contribution in [0.3, 0.4) is 0 Å². The lowest BCUT2D eigenvalue weighted by atomic mass is 9.92. The second-order valence-corrected chi connectivity index (χ2v) is 5.84. The third-order valence-electron chi connectivity index (χ3n) is 3.96. The van der Waals surface area contributed by atoms with Crippen molar-refractivity contribution in [3.8, 4) is 0 Å². The van der Waals surface area contributed by atoms with Gasteiger partial charge in [-0.05, 0) is 44.1 Å². The number of aryl methyl sites for hydroxylation is 1. The number of hydrogen-bond acceptors (Lipinski definition) is 4. The van der Waals surface area contributed by atoms with Crippen LogP contribution in [0.2, 0.25) is 0 Å². The van der Waals surface area contributed by atoms with Gasteiger partial charge in [0.1, 0.15) is 5.69 Å². The maximum Gasteiger partial charge on any atom is 0.196 e. The molecule has 0 aliphatic heterocycles. The SMILES string of the molecule is C/C(=C(\c1nc(C(=O)CN)cnc1C)C1CC1)C(C)C. The minimum atomic E-state index is -0.156. The molecule has 0 bridgehead atoms. The number of ketones is 1. The summed E-state index contributed by atoms with van der Waals surface area (Å²) >= 11 is 0. The maximum absolute atomic E-state index is 11.7. The van der Waals surface area contributed by atoms with Crippen molar-refractivity contribution in [3.63, 3.8) is 0 Å². The number of carbonyl (C=O) groups is 1. The molecule has 4 heteroatoms. The van der Waals surface area contributed by atoms with Gasteiger partial charge in [0.15, 0.2) is 5.78 Å². The zero-order chi connectivity index (χ0) is 14.9. The molecule has 0 unspecified atom stereocenters. The number of rotatable bonds is 5. The molecule has 108 valence electrons. The first-order valence-electron chi connectivity index (χ1n) is 7.23. The number of allylic oxidation sites excluding steroid dienone is 2. The molecule has 4 nitrogen and oxygen atoms in total. The second kappa shape index (κ2) is 5.83. The number of carbonyl (C=O) groups excluding carboxylic acids is 1. The van der Waals surface area contributed by atoms with Gasteiger partial charge in [0.2, 0.25) is 0 Å². The van der Waals surface area contributed by atoms with E-state index in [0.29, 0.717) is 17.5 Å². The highest BCUT2D eigenvalue weighted by atomic mass is 16.1. The van der Waals surface area contributed by atoms with Gasteiger partial charge < -0.3 is 5.73 Å². The molecule has 1 aliphatic rings. The van der Waals surface area contributed by atoms with Crippen LogP contribution in [0.15, 0.2) is 11.8 Å². The lowest BCUT2D eigenvalue weighted by molar-refractivity contribution is 0.0996. The summed E-state index contributed by atoms with van der Waals surface area (Å²) in [6.07, 6.45) is 3.94. The van der Waals surface area contributed by atoms with Crippen LogP contribution < -0.4 is 5.73 Å². The van der Waals surface area contributed by atoms with Gasteiger partial charge in [0.05, 0.1) is 24.1 Å². The Morgan fingerprint density at radius 3 is 2.60 bits per heavy atom. The molecule has 0 atom stereocenters. The third kappa shape index (κ3) is 2.96. The highest BCUT2D eigenvalue weighted by molar-refractivity contribution is 5.95. The molecule has 1 heterocycles. The minimum absolute atomic E-state index is 0.0250. The normalized spacial score (nSPS) is 16.3. The summed E-state index contributed by atoms with van der Waals surface area (Å²) in [4.78, 5) is 20.7. The smallest absolute Gasteiger partial charge is 0.196 e. The summed E-state index contributed by atoms with van der Waals surface area (Å²) in [6, 6.07) is 0. The second-order valence-electron chi connectivity index (χ2n) is 5.84. The van der Waals surface area contributed by atoms with Crippen molar-refractivity contribution in [2.24, 2.45) is 17.6 Å². The molecule has 1 aliphatic carbocycles. The molecule has 0 saturated heterocycles. The molecule has 20 heavy (non-hydrogen) atoms. The molecule has 1 fully saturated rings. The number of hydrogen-bond donors (Lipinski definition) is 1. The van der Waals surface area contributed by atoms with E-state index in [-0.39, 0.29) is 12.3 Å². The molecular weight excluding hydrogens is 250 g/mol. The van der Waals surface area contributed by atoms with Crippen molar-refractivity contribution < 1.29 is 4.79 Å². The zero-order valence-electron chi connectivity index (χ0n) is 12.7. The molecule has 2 N–H and O–H groups in total. The Hall–Kier alpha value is -1.55. The Bertz CT molecular complexity index is 557. The van der Waals surface area contributed by atoms with Crippen LogP contribution in [0.1, 0.15) is 55.5 Å². The molecule has 1 saturated carbocycles. The molecule has 0 amide bonds. The Labute approximate surface area is 120 Å². The van der Waals surface area contributed by atoms with E-state index < -0.39 is 0 Å². The van der Waals surface area contributed by atoms with Crippen molar-refractivity contribution >= 4 is 11.4 Å². The van der Waals surface area contributed by atoms with Gasteiger partial charge in [0, 0.05) is 0 Å². The summed E-state index contributed by atoms with van der Waals surface area (Å²) in [6.45, 7) is 8.47. The fourth-order valence-corrected chi connectivity index (χ4v) is 2.33. The first kappa shape index (κ1) is 14.9. The average Bonchev–Trinajstić information content (AvgIpc) is 3.24. The fourth-order valence-electron chi connectivity index (χ4n) is 2.33.